The number of hydrogen-bond acceptors (Lipinski definition) is 3. The minimum absolute atomic E-state index is 0.0497. The summed E-state index contributed by atoms with van der Waals surface area (Å²) in [4.78, 5) is 13.5. The fraction of sp³-hybridized carbons (Fsp3) is 0.533. The van der Waals surface area contributed by atoms with Gasteiger partial charge in [-0.05, 0) is 30.5 Å². The Bertz CT molecular complexity index is 458. The molecule has 1 heterocycles. The molecule has 0 radical (unpaired) electrons. The van der Waals surface area contributed by atoms with Gasteiger partial charge in [-0.25, -0.2) is 0 Å². The van der Waals surface area contributed by atoms with E-state index in [4.69, 9.17) is 17.3 Å². The van der Waals surface area contributed by atoms with Crippen molar-refractivity contribution >= 4 is 17.5 Å². The molecule has 1 aromatic carbocycles. The largest absolute Gasteiger partial charge is 0.354 e. The molecule has 1 fully saturated rings. The molecule has 1 saturated heterocycles. The third-order valence-corrected chi connectivity index (χ3v) is 4.07. The molecule has 3 N–H and O–H groups in total. The van der Waals surface area contributed by atoms with E-state index < -0.39 is 0 Å². The van der Waals surface area contributed by atoms with Crippen LogP contribution < -0.4 is 11.1 Å². The Balaban J connectivity index is 1.98. The number of nitrogens with zero attached hydrogens (tertiary/aromatic N) is 1. The zero-order valence-electron chi connectivity index (χ0n) is 11.8. The minimum atomic E-state index is 0.0497. The molecule has 1 aliphatic heterocycles. The normalized spacial score (nSPS) is 18.8. The number of hydrogen-bond donors (Lipinski definition) is 2. The first kappa shape index (κ1) is 15.3. The van der Waals surface area contributed by atoms with Gasteiger partial charge in [0.25, 0.3) is 0 Å². The van der Waals surface area contributed by atoms with Crippen molar-refractivity contribution in [2.24, 2.45) is 5.73 Å². The van der Waals surface area contributed by atoms with Crippen molar-refractivity contribution in [1.82, 2.24) is 10.2 Å². The molecule has 1 atom stereocenters. The number of rotatable bonds is 4. The third-order valence-electron chi connectivity index (χ3n) is 3.83. The second kappa shape index (κ2) is 7.07. The van der Waals surface area contributed by atoms with Crippen LogP contribution in [0, 0.1) is 0 Å². The zero-order valence-corrected chi connectivity index (χ0v) is 12.6. The summed E-state index contributed by atoms with van der Waals surface area (Å²) < 4.78 is 0. The van der Waals surface area contributed by atoms with Crippen molar-refractivity contribution in [3.05, 3.63) is 34.9 Å². The van der Waals surface area contributed by atoms with E-state index >= 15 is 0 Å². The second-order valence-electron chi connectivity index (χ2n) is 5.32. The molecule has 1 aromatic rings. The van der Waals surface area contributed by atoms with Crippen molar-refractivity contribution in [2.45, 2.75) is 31.8 Å². The number of carbonyl (C=O) groups is 1. The van der Waals surface area contributed by atoms with E-state index in [2.05, 4.69) is 16.3 Å². The van der Waals surface area contributed by atoms with Gasteiger partial charge in [-0.3, -0.25) is 9.69 Å². The van der Waals surface area contributed by atoms with E-state index in [1.165, 1.54) is 0 Å². The van der Waals surface area contributed by atoms with Gasteiger partial charge in [-0.1, -0.05) is 23.7 Å². The van der Waals surface area contributed by atoms with Gasteiger partial charge in [0, 0.05) is 43.7 Å². The molecule has 1 aliphatic rings. The fourth-order valence-corrected chi connectivity index (χ4v) is 3.05. The Hall–Kier alpha value is -1.10. The lowest BCUT2D eigenvalue weighted by atomic mass is 9.99. The van der Waals surface area contributed by atoms with Crippen LogP contribution in [-0.2, 0) is 4.79 Å². The lowest BCUT2D eigenvalue weighted by molar-refractivity contribution is -0.120. The number of nitrogens with two attached hydrogens (primary N) is 1. The van der Waals surface area contributed by atoms with Crippen molar-refractivity contribution in [3.63, 3.8) is 0 Å². The number of benzene rings is 1. The molecule has 0 aromatic heterocycles. The van der Waals surface area contributed by atoms with Crippen LogP contribution in [0.5, 0.6) is 0 Å². The van der Waals surface area contributed by atoms with Gasteiger partial charge >= 0.3 is 0 Å². The predicted octanol–water partition coefficient (Wildman–Crippen LogP) is 1.94. The lowest BCUT2D eigenvalue weighted by Gasteiger charge is -2.37. The number of halogens is 1. The van der Waals surface area contributed by atoms with Gasteiger partial charge in [0.2, 0.25) is 5.91 Å². The molecule has 0 spiro atoms. The van der Waals surface area contributed by atoms with Crippen molar-refractivity contribution in [1.29, 1.82) is 0 Å². The maximum absolute atomic E-state index is 11.1. The highest BCUT2D eigenvalue weighted by atomic mass is 35.5. The molecule has 1 amide bonds. The number of piperidine rings is 1. The van der Waals surface area contributed by atoms with Crippen LogP contribution in [0.2, 0.25) is 5.02 Å². The molecule has 0 saturated carbocycles. The summed E-state index contributed by atoms with van der Waals surface area (Å²) in [7, 11) is 0. The standard InChI is InChI=1S/C15H22ClN3O/c1-11(20)18-14-5-7-19(8-6-14)15(10-17)12-3-2-4-13(16)9-12/h2-4,9,14-15H,5-8,10,17H2,1H3,(H,18,20). The topological polar surface area (TPSA) is 58.4 Å². The van der Waals surface area contributed by atoms with Crippen LogP contribution in [0.3, 0.4) is 0 Å². The van der Waals surface area contributed by atoms with Gasteiger partial charge in [0.15, 0.2) is 0 Å². The summed E-state index contributed by atoms with van der Waals surface area (Å²) in [5.41, 5.74) is 7.11. The zero-order chi connectivity index (χ0) is 14.5. The van der Waals surface area contributed by atoms with Crippen LogP contribution in [0.1, 0.15) is 31.4 Å². The van der Waals surface area contributed by atoms with Crippen molar-refractivity contribution in [2.75, 3.05) is 19.6 Å². The minimum Gasteiger partial charge on any atom is -0.354 e. The van der Waals surface area contributed by atoms with Crippen LogP contribution in [0.4, 0.5) is 0 Å². The molecule has 4 nitrogen and oxygen atoms in total. The molecule has 20 heavy (non-hydrogen) atoms. The molecule has 110 valence electrons. The van der Waals surface area contributed by atoms with Crippen LogP contribution in [0.25, 0.3) is 0 Å². The van der Waals surface area contributed by atoms with E-state index in [1.54, 1.807) is 6.92 Å². The highest BCUT2D eigenvalue weighted by Gasteiger charge is 2.25. The first-order valence-electron chi connectivity index (χ1n) is 7.07. The average molecular weight is 296 g/mol. The Morgan fingerprint density at radius 3 is 2.75 bits per heavy atom. The average Bonchev–Trinajstić information content (AvgIpc) is 2.41. The van der Waals surface area contributed by atoms with E-state index in [9.17, 15) is 4.79 Å². The van der Waals surface area contributed by atoms with E-state index in [0.29, 0.717) is 12.6 Å². The fourth-order valence-electron chi connectivity index (χ4n) is 2.85. The number of amides is 1. The van der Waals surface area contributed by atoms with E-state index in [0.717, 1.165) is 36.5 Å². The molecule has 1 unspecified atom stereocenters. The predicted molar refractivity (Wildman–Crippen MR) is 81.7 cm³/mol. The SMILES string of the molecule is CC(=O)NC1CCN(C(CN)c2cccc(Cl)c2)CC1. The Morgan fingerprint density at radius 1 is 1.50 bits per heavy atom. The van der Waals surface area contributed by atoms with Gasteiger partial charge in [0.05, 0.1) is 0 Å². The molecule has 5 heteroatoms. The van der Waals surface area contributed by atoms with Gasteiger partial charge in [0.1, 0.15) is 0 Å². The summed E-state index contributed by atoms with van der Waals surface area (Å²) in [5, 5.41) is 3.73. The van der Waals surface area contributed by atoms with Gasteiger partial charge < -0.3 is 11.1 Å². The number of likely N-dealkylation sites (tertiary alicyclic amines) is 1. The Labute approximate surface area is 125 Å². The smallest absolute Gasteiger partial charge is 0.217 e. The quantitative estimate of drug-likeness (QED) is 0.892. The lowest BCUT2D eigenvalue weighted by Crippen LogP contribution is -2.46. The van der Waals surface area contributed by atoms with Crippen LogP contribution in [0.15, 0.2) is 24.3 Å². The van der Waals surface area contributed by atoms with Crippen molar-refractivity contribution in [3.8, 4) is 0 Å². The maximum Gasteiger partial charge on any atom is 0.217 e. The van der Waals surface area contributed by atoms with Crippen LogP contribution >= 0.6 is 11.6 Å². The molecule has 2 rings (SSSR count). The first-order chi connectivity index (χ1) is 9.60. The third kappa shape index (κ3) is 3.95. The monoisotopic (exact) mass is 295 g/mol. The van der Waals surface area contributed by atoms with Gasteiger partial charge in [-0.15, -0.1) is 0 Å². The highest BCUT2D eigenvalue weighted by Crippen LogP contribution is 2.25. The molecule has 0 bridgehead atoms. The summed E-state index contributed by atoms with van der Waals surface area (Å²) in [6.07, 6.45) is 1.94. The first-order valence-corrected chi connectivity index (χ1v) is 7.44. The number of nitrogens with one attached hydrogen (secondary N) is 1. The molecule has 0 aliphatic carbocycles. The summed E-state index contributed by atoms with van der Waals surface area (Å²) in [6.45, 7) is 4.03. The second-order valence-corrected chi connectivity index (χ2v) is 5.75. The Kier molecular flexibility index (Phi) is 5.40. The molecular weight excluding hydrogens is 274 g/mol. The highest BCUT2D eigenvalue weighted by molar-refractivity contribution is 6.30. The summed E-state index contributed by atoms with van der Waals surface area (Å²) in [5.74, 6) is 0.0497. The van der Waals surface area contributed by atoms with Crippen molar-refractivity contribution < 1.29 is 4.79 Å². The summed E-state index contributed by atoms with van der Waals surface area (Å²) in [6, 6.07) is 8.39. The number of carbonyl (C=O) groups excluding carboxylic acids is 1. The molecular formula is C15H22ClN3O. The maximum atomic E-state index is 11.1. The van der Waals surface area contributed by atoms with Crippen LogP contribution in [-0.4, -0.2) is 36.5 Å². The van der Waals surface area contributed by atoms with Gasteiger partial charge in [-0.2, -0.15) is 0 Å². The van der Waals surface area contributed by atoms with E-state index in [1.807, 2.05) is 18.2 Å². The summed E-state index contributed by atoms with van der Waals surface area (Å²) >= 11 is 6.06. The Morgan fingerprint density at radius 2 is 2.20 bits per heavy atom. The van der Waals surface area contributed by atoms with E-state index in [-0.39, 0.29) is 11.9 Å².